The number of benzene rings is 1. The molecule has 1 heterocycles. The molecule has 2 rings (SSSR count). The van der Waals surface area contributed by atoms with Gasteiger partial charge in [-0.25, -0.2) is 0 Å². The van der Waals surface area contributed by atoms with Crippen LogP contribution in [0.5, 0.6) is 0 Å². The van der Waals surface area contributed by atoms with E-state index >= 15 is 0 Å². The van der Waals surface area contributed by atoms with Crippen LogP contribution in [-0.4, -0.2) is 26.7 Å². The molecule has 0 amide bonds. The minimum absolute atomic E-state index is 0.223. The molecule has 6 nitrogen and oxygen atoms in total. The Labute approximate surface area is 124 Å². The van der Waals surface area contributed by atoms with Crippen LogP contribution in [0, 0.1) is 0 Å². The molecule has 8 heteroatoms. The summed E-state index contributed by atoms with van der Waals surface area (Å²) >= 11 is 0. The van der Waals surface area contributed by atoms with Crippen LogP contribution >= 0.6 is 15.2 Å². The molecule has 0 spiro atoms. The SMILES string of the molecule is COP(=O)(OC)[C@@]1(C)C[C@@H](c2ccccc2)[P@@](=O)(OC)O1. The lowest BCUT2D eigenvalue weighted by atomic mass is 10.1. The minimum atomic E-state index is -3.57. The molecule has 0 N–H and O–H groups in total. The molecule has 1 aliphatic heterocycles. The first-order valence-corrected chi connectivity index (χ1v) is 9.62. The van der Waals surface area contributed by atoms with Gasteiger partial charge >= 0.3 is 15.2 Å². The van der Waals surface area contributed by atoms with Gasteiger partial charge in [-0.1, -0.05) is 30.3 Å². The van der Waals surface area contributed by atoms with Crippen molar-refractivity contribution in [3.05, 3.63) is 35.9 Å². The molecule has 1 saturated heterocycles. The highest BCUT2D eigenvalue weighted by Crippen LogP contribution is 2.79. The maximum Gasteiger partial charge on any atom is 0.361 e. The lowest BCUT2D eigenvalue weighted by molar-refractivity contribution is 0.119. The van der Waals surface area contributed by atoms with E-state index in [4.69, 9.17) is 18.1 Å². The highest BCUT2D eigenvalue weighted by molar-refractivity contribution is 7.59. The normalized spacial score (nSPS) is 33.2. The van der Waals surface area contributed by atoms with E-state index < -0.39 is 26.2 Å². The molecule has 1 fully saturated rings. The van der Waals surface area contributed by atoms with Gasteiger partial charge in [-0.2, -0.15) is 0 Å². The Kier molecular flexibility index (Phi) is 4.79. The predicted molar refractivity (Wildman–Crippen MR) is 79.5 cm³/mol. The highest BCUT2D eigenvalue weighted by atomic mass is 31.2. The maximum absolute atomic E-state index is 12.9. The van der Waals surface area contributed by atoms with Crippen LogP contribution in [0.4, 0.5) is 0 Å². The van der Waals surface area contributed by atoms with Crippen LogP contribution in [0.2, 0.25) is 0 Å². The van der Waals surface area contributed by atoms with Crippen molar-refractivity contribution < 1.29 is 27.2 Å². The van der Waals surface area contributed by atoms with Crippen molar-refractivity contribution in [2.75, 3.05) is 21.3 Å². The van der Waals surface area contributed by atoms with E-state index in [1.165, 1.54) is 21.3 Å². The van der Waals surface area contributed by atoms with Gasteiger partial charge in [-0.15, -0.1) is 0 Å². The number of rotatable bonds is 5. The Morgan fingerprint density at radius 1 is 1.24 bits per heavy atom. The molecule has 118 valence electrons. The van der Waals surface area contributed by atoms with Crippen LogP contribution in [0.15, 0.2) is 30.3 Å². The van der Waals surface area contributed by atoms with Gasteiger partial charge in [0.15, 0.2) is 5.34 Å². The van der Waals surface area contributed by atoms with Gasteiger partial charge in [-0.05, 0) is 12.5 Å². The fourth-order valence-electron chi connectivity index (χ4n) is 2.61. The molecule has 21 heavy (non-hydrogen) atoms. The molecule has 0 bridgehead atoms. The second-order valence-corrected chi connectivity index (χ2v) is 9.90. The van der Waals surface area contributed by atoms with Gasteiger partial charge in [0.05, 0.1) is 5.66 Å². The van der Waals surface area contributed by atoms with Gasteiger partial charge in [0.2, 0.25) is 0 Å². The molecule has 0 unspecified atom stereocenters. The smallest absolute Gasteiger partial charge is 0.311 e. The zero-order chi connectivity index (χ0) is 15.7. The second-order valence-electron chi connectivity index (χ2n) is 4.98. The molecular formula is C13H20O6P2. The maximum atomic E-state index is 12.9. The van der Waals surface area contributed by atoms with Gasteiger partial charge < -0.3 is 13.6 Å². The van der Waals surface area contributed by atoms with Crippen molar-refractivity contribution in [3.63, 3.8) is 0 Å². The first-order valence-electron chi connectivity index (χ1n) is 6.47. The largest absolute Gasteiger partial charge is 0.361 e. The van der Waals surface area contributed by atoms with Gasteiger partial charge in [-0.3, -0.25) is 13.7 Å². The molecular weight excluding hydrogens is 314 g/mol. The van der Waals surface area contributed by atoms with E-state index in [2.05, 4.69) is 0 Å². The fourth-order valence-corrected chi connectivity index (χ4v) is 7.01. The Hall–Kier alpha value is -0.480. The second kappa shape index (κ2) is 5.96. The summed E-state index contributed by atoms with van der Waals surface area (Å²) in [5.41, 5.74) is 0.303. The summed E-state index contributed by atoms with van der Waals surface area (Å²) in [5, 5.41) is -1.32. The third-order valence-electron chi connectivity index (χ3n) is 3.78. The van der Waals surface area contributed by atoms with Crippen molar-refractivity contribution in [1.82, 2.24) is 0 Å². The quantitative estimate of drug-likeness (QED) is 0.752. The molecule has 1 aromatic carbocycles. The fraction of sp³-hybridized carbons (Fsp3) is 0.538. The van der Waals surface area contributed by atoms with Gasteiger partial charge in [0, 0.05) is 27.8 Å². The Morgan fingerprint density at radius 3 is 2.29 bits per heavy atom. The molecule has 0 aliphatic carbocycles. The average molecular weight is 334 g/mol. The number of hydrogen-bond donors (Lipinski definition) is 0. The summed E-state index contributed by atoms with van der Waals surface area (Å²) in [6, 6.07) is 9.24. The summed E-state index contributed by atoms with van der Waals surface area (Å²) in [4.78, 5) is 0. The first kappa shape index (κ1) is 16.9. The van der Waals surface area contributed by atoms with Crippen molar-refractivity contribution >= 4 is 15.2 Å². The highest BCUT2D eigenvalue weighted by Gasteiger charge is 2.62. The van der Waals surface area contributed by atoms with E-state index in [0.717, 1.165) is 5.56 Å². The molecule has 1 aromatic rings. The van der Waals surface area contributed by atoms with E-state index in [1.807, 2.05) is 30.3 Å². The van der Waals surface area contributed by atoms with Crippen molar-refractivity contribution in [2.45, 2.75) is 24.3 Å². The lowest BCUT2D eigenvalue weighted by Gasteiger charge is -2.29. The lowest BCUT2D eigenvalue weighted by Crippen LogP contribution is -2.24. The molecule has 0 aromatic heterocycles. The molecule has 3 atom stereocenters. The van der Waals surface area contributed by atoms with Crippen molar-refractivity contribution in [1.29, 1.82) is 0 Å². The van der Waals surface area contributed by atoms with Crippen LogP contribution in [0.1, 0.15) is 24.6 Å². The third-order valence-corrected chi connectivity index (χ3v) is 8.73. The monoisotopic (exact) mass is 334 g/mol. The van der Waals surface area contributed by atoms with E-state index in [9.17, 15) is 9.13 Å². The van der Waals surface area contributed by atoms with Crippen LogP contribution in [-0.2, 0) is 27.2 Å². The zero-order valence-electron chi connectivity index (χ0n) is 12.5. The Bertz CT molecular complexity index is 582. The van der Waals surface area contributed by atoms with E-state index in [-0.39, 0.29) is 6.42 Å². The Morgan fingerprint density at radius 2 is 1.81 bits per heavy atom. The predicted octanol–water partition coefficient (Wildman–Crippen LogP) is 4.19. The van der Waals surface area contributed by atoms with Crippen molar-refractivity contribution in [2.24, 2.45) is 0 Å². The first-order chi connectivity index (χ1) is 9.84. The molecule has 1 aliphatic rings. The van der Waals surface area contributed by atoms with E-state index in [1.54, 1.807) is 6.92 Å². The van der Waals surface area contributed by atoms with Crippen molar-refractivity contribution in [3.8, 4) is 0 Å². The van der Waals surface area contributed by atoms with Crippen LogP contribution < -0.4 is 0 Å². The summed E-state index contributed by atoms with van der Waals surface area (Å²) in [6.07, 6.45) is 0.223. The standard InChI is InChI=1S/C13H20O6P2/c1-13(21(15,17-3)18-4)10-12(20(14,16-2)19-13)11-8-6-5-7-9-11/h5-9,12H,10H2,1-4H3/t12-,13-,20+/m0/s1. The molecule has 0 radical (unpaired) electrons. The average Bonchev–Trinajstić information content (AvgIpc) is 2.81. The van der Waals surface area contributed by atoms with Gasteiger partial charge in [0.25, 0.3) is 0 Å². The number of hydrogen-bond acceptors (Lipinski definition) is 6. The third kappa shape index (κ3) is 2.77. The summed E-state index contributed by atoms with van der Waals surface area (Å²) < 4.78 is 46.5. The summed E-state index contributed by atoms with van der Waals surface area (Å²) in [5.74, 6) is 0. The Balaban J connectivity index is 2.46. The minimum Gasteiger partial charge on any atom is -0.311 e. The molecule has 0 saturated carbocycles. The van der Waals surface area contributed by atoms with Crippen LogP contribution in [0.25, 0.3) is 0 Å². The summed E-state index contributed by atoms with van der Waals surface area (Å²) in [6.45, 7) is 1.58. The van der Waals surface area contributed by atoms with Gasteiger partial charge in [0.1, 0.15) is 0 Å². The zero-order valence-corrected chi connectivity index (χ0v) is 14.3. The summed E-state index contributed by atoms with van der Waals surface area (Å²) in [7, 11) is -3.13. The van der Waals surface area contributed by atoms with E-state index in [0.29, 0.717) is 0 Å². The van der Waals surface area contributed by atoms with Crippen LogP contribution in [0.3, 0.4) is 0 Å². The topological polar surface area (TPSA) is 71.1 Å².